The molecule has 0 saturated heterocycles. The molecule has 0 bridgehead atoms. The maximum absolute atomic E-state index is 8.60. The summed E-state index contributed by atoms with van der Waals surface area (Å²) in [6, 6.07) is 4.19. The molecule has 12 heavy (non-hydrogen) atoms. The van der Waals surface area contributed by atoms with E-state index in [1.54, 1.807) is 0 Å². The van der Waals surface area contributed by atoms with Crippen LogP contribution >= 0.6 is 31.9 Å². The zero-order chi connectivity index (χ0) is 9.45. The van der Waals surface area contributed by atoms with Crippen molar-refractivity contribution in [2.75, 3.05) is 0 Å². The highest BCUT2D eigenvalue weighted by atomic mass is 79.9. The van der Waals surface area contributed by atoms with E-state index in [0.29, 0.717) is 6.42 Å². The maximum Gasteiger partial charge on any atom is 0.166 e. The minimum atomic E-state index is -0.563. The third kappa shape index (κ3) is 6.64. The molecule has 0 aromatic heterocycles. The van der Waals surface area contributed by atoms with E-state index in [1.807, 2.05) is 0 Å². The molecule has 0 saturated carbocycles. The van der Waals surface area contributed by atoms with Gasteiger partial charge in [-0.25, -0.2) is 0 Å². The van der Waals surface area contributed by atoms with E-state index in [0.717, 1.165) is 25.7 Å². The molecule has 0 amide bonds. The number of alkyl halides is 2. The van der Waals surface area contributed by atoms with Gasteiger partial charge in [-0.05, 0) is 12.8 Å². The Morgan fingerprint density at radius 2 is 1.75 bits per heavy atom. The van der Waals surface area contributed by atoms with Gasteiger partial charge in [0.05, 0.1) is 12.1 Å². The van der Waals surface area contributed by atoms with Gasteiger partial charge < -0.3 is 0 Å². The number of unbranched alkanes of at least 4 members (excludes halogenated alkanes) is 3. The third-order valence-electron chi connectivity index (χ3n) is 1.44. The van der Waals surface area contributed by atoms with Gasteiger partial charge in [0.25, 0.3) is 0 Å². The topological polar surface area (TPSA) is 47.6 Å². The Kier molecular flexibility index (Phi) is 6.42. The highest BCUT2D eigenvalue weighted by Gasteiger charge is 2.20. The van der Waals surface area contributed by atoms with Gasteiger partial charge >= 0.3 is 0 Å². The predicted molar refractivity (Wildman–Crippen MR) is 54.9 cm³/mol. The minimum absolute atomic E-state index is 0.563. The van der Waals surface area contributed by atoms with Crippen molar-refractivity contribution in [1.82, 2.24) is 0 Å². The number of halogens is 2. The van der Waals surface area contributed by atoms with Gasteiger partial charge in [-0.3, -0.25) is 0 Å². The molecular formula is C8H10Br2N2. The van der Waals surface area contributed by atoms with Crippen molar-refractivity contribution in [2.24, 2.45) is 0 Å². The number of rotatable bonds is 5. The van der Waals surface area contributed by atoms with E-state index in [9.17, 15) is 0 Å². The number of hydrogen-bond donors (Lipinski definition) is 0. The average Bonchev–Trinajstić information content (AvgIpc) is 2.04. The summed E-state index contributed by atoms with van der Waals surface area (Å²) in [5.74, 6) is 0. The SMILES string of the molecule is N#CCCCCCC(Br)(Br)C#N. The molecule has 0 radical (unpaired) electrons. The molecule has 0 rings (SSSR count). The summed E-state index contributed by atoms with van der Waals surface area (Å²) in [6.07, 6.45) is 4.29. The number of nitrogens with zero attached hydrogens (tertiary/aromatic N) is 2. The summed E-state index contributed by atoms with van der Waals surface area (Å²) in [6.45, 7) is 0. The van der Waals surface area contributed by atoms with Crippen LogP contribution in [0.2, 0.25) is 0 Å². The van der Waals surface area contributed by atoms with Gasteiger partial charge in [0.1, 0.15) is 0 Å². The van der Waals surface area contributed by atoms with Gasteiger partial charge in [-0.2, -0.15) is 10.5 Å². The molecule has 4 heteroatoms. The molecule has 2 nitrogen and oxygen atoms in total. The highest BCUT2D eigenvalue weighted by molar-refractivity contribution is 9.25. The first-order valence-electron chi connectivity index (χ1n) is 3.78. The molecule has 0 N–H and O–H groups in total. The minimum Gasteiger partial charge on any atom is -0.198 e. The fourth-order valence-corrected chi connectivity index (χ4v) is 1.34. The smallest absolute Gasteiger partial charge is 0.166 e. The van der Waals surface area contributed by atoms with Crippen molar-refractivity contribution < 1.29 is 0 Å². The largest absolute Gasteiger partial charge is 0.198 e. The second kappa shape index (κ2) is 6.46. The molecular weight excluding hydrogens is 284 g/mol. The summed E-state index contributed by atoms with van der Waals surface area (Å²) in [4.78, 5) is 0. The van der Waals surface area contributed by atoms with Crippen LogP contribution in [0.25, 0.3) is 0 Å². The Morgan fingerprint density at radius 3 is 2.25 bits per heavy atom. The van der Waals surface area contributed by atoms with Crippen LogP contribution in [-0.2, 0) is 0 Å². The van der Waals surface area contributed by atoms with Crippen molar-refractivity contribution in [3.8, 4) is 12.1 Å². The summed E-state index contributed by atoms with van der Waals surface area (Å²) in [7, 11) is 0. The lowest BCUT2D eigenvalue weighted by Crippen LogP contribution is -2.06. The van der Waals surface area contributed by atoms with Gasteiger partial charge in [0, 0.05) is 6.42 Å². The molecule has 0 aromatic carbocycles. The lowest BCUT2D eigenvalue weighted by Gasteiger charge is -2.09. The van der Waals surface area contributed by atoms with Crippen molar-refractivity contribution in [1.29, 1.82) is 10.5 Å². The molecule has 66 valence electrons. The molecule has 0 aliphatic heterocycles. The molecule has 0 atom stereocenters. The molecule has 0 fully saturated rings. The lowest BCUT2D eigenvalue weighted by molar-refractivity contribution is 0.656. The number of hydrogen-bond acceptors (Lipinski definition) is 2. The second-order valence-corrected chi connectivity index (χ2v) is 6.31. The summed E-state index contributed by atoms with van der Waals surface area (Å²) in [5, 5.41) is 16.9. The van der Waals surface area contributed by atoms with Crippen molar-refractivity contribution >= 4 is 31.9 Å². The zero-order valence-corrected chi connectivity index (χ0v) is 9.86. The molecule has 0 aromatic rings. The van der Waals surface area contributed by atoms with E-state index >= 15 is 0 Å². The monoisotopic (exact) mass is 292 g/mol. The molecule has 0 heterocycles. The Labute approximate surface area is 89.8 Å². The molecule has 0 aliphatic rings. The van der Waals surface area contributed by atoms with Gasteiger partial charge in [-0.15, -0.1) is 0 Å². The fourth-order valence-electron chi connectivity index (χ4n) is 0.784. The summed E-state index contributed by atoms with van der Waals surface area (Å²) < 4.78 is -0.563. The number of nitriles is 2. The normalized spacial score (nSPS) is 10.3. The van der Waals surface area contributed by atoms with Gasteiger partial charge in [0.15, 0.2) is 3.23 Å². The first-order chi connectivity index (χ1) is 5.62. The van der Waals surface area contributed by atoms with Crippen molar-refractivity contribution in [2.45, 2.75) is 35.3 Å². The van der Waals surface area contributed by atoms with Crippen LogP contribution in [0, 0.1) is 22.7 Å². The lowest BCUT2D eigenvalue weighted by atomic mass is 10.1. The second-order valence-electron chi connectivity index (χ2n) is 2.54. The van der Waals surface area contributed by atoms with Crippen LogP contribution in [0.15, 0.2) is 0 Å². The van der Waals surface area contributed by atoms with E-state index in [2.05, 4.69) is 44.0 Å². The molecule has 0 aliphatic carbocycles. The van der Waals surface area contributed by atoms with Crippen molar-refractivity contribution in [3.63, 3.8) is 0 Å². The quantitative estimate of drug-likeness (QED) is 0.575. The standard InChI is InChI=1S/C8H10Br2N2/c9-8(10,7-12)5-3-1-2-4-6-11/h1-5H2. The highest BCUT2D eigenvalue weighted by Crippen LogP contribution is 2.31. The first kappa shape index (κ1) is 11.9. The van der Waals surface area contributed by atoms with E-state index in [4.69, 9.17) is 10.5 Å². The average molecular weight is 294 g/mol. The Balaban J connectivity index is 3.34. The fraction of sp³-hybridized carbons (Fsp3) is 0.750. The first-order valence-corrected chi connectivity index (χ1v) is 5.37. The predicted octanol–water partition coefficient (Wildman–Crippen LogP) is 3.47. The summed E-state index contributed by atoms with van der Waals surface area (Å²) in [5.41, 5.74) is 0. The Morgan fingerprint density at radius 1 is 1.08 bits per heavy atom. The third-order valence-corrected chi connectivity index (χ3v) is 2.59. The van der Waals surface area contributed by atoms with Crippen LogP contribution in [0.4, 0.5) is 0 Å². The van der Waals surface area contributed by atoms with Crippen LogP contribution < -0.4 is 0 Å². The van der Waals surface area contributed by atoms with E-state index < -0.39 is 3.23 Å². The Bertz CT molecular complexity index is 200. The summed E-state index contributed by atoms with van der Waals surface area (Å²) >= 11 is 6.48. The van der Waals surface area contributed by atoms with E-state index in [-0.39, 0.29) is 0 Å². The Hall–Kier alpha value is -0.0600. The van der Waals surface area contributed by atoms with Crippen LogP contribution in [-0.4, -0.2) is 3.23 Å². The zero-order valence-electron chi connectivity index (χ0n) is 6.69. The van der Waals surface area contributed by atoms with Gasteiger partial charge in [0.2, 0.25) is 0 Å². The van der Waals surface area contributed by atoms with Crippen molar-refractivity contribution in [3.05, 3.63) is 0 Å². The van der Waals surface area contributed by atoms with E-state index in [1.165, 1.54) is 0 Å². The van der Waals surface area contributed by atoms with Gasteiger partial charge in [-0.1, -0.05) is 44.7 Å². The molecule has 0 spiro atoms. The van der Waals surface area contributed by atoms with Crippen LogP contribution in [0.1, 0.15) is 32.1 Å². The van der Waals surface area contributed by atoms with Crippen LogP contribution in [0.5, 0.6) is 0 Å². The maximum atomic E-state index is 8.60. The van der Waals surface area contributed by atoms with Crippen LogP contribution in [0.3, 0.4) is 0 Å². The molecule has 0 unspecified atom stereocenters.